The largest absolute Gasteiger partial charge is 0.493 e. The summed E-state index contributed by atoms with van der Waals surface area (Å²) in [6, 6.07) is 5.85. The molecule has 0 aliphatic rings. The van der Waals surface area contributed by atoms with Crippen LogP contribution in [0.5, 0.6) is 5.75 Å². The third kappa shape index (κ3) is 3.33. The quantitative estimate of drug-likeness (QED) is 0.881. The van der Waals surface area contributed by atoms with E-state index in [9.17, 15) is 22.8 Å². The molecule has 1 heterocycles. The molecule has 0 saturated carbocycles. The highest BCUT2D eigenvalue weighted by atomic mass is 19.4. The number of hydrogen-bond donors (Lipinski definition) is 1. The molecule has 5 nitrogen and oxygen atoms in total. The molecule has 112 valence electrons. The zero-order chi connectivity index (χ0) is 15.6. The van der Waals surface area contributed by atoms with Crippen LogP contribution in [0.1, 0.15) is 10.4 Å². The second-order valence-electron chi connectivity index (χ2n) is 4.12. The molecule has 0 spiro atoms. The third-order valence-electron chi connectivity index (χ3n) is 2.64. The Morgan fingerprint density at radius 1 is 1.38 bits per heavy atom. The Labute approximate surface area is 116 Å². The number of nitrogens with one attached hydrogen (secondary N) is 1. The van der Waals surface area contributed by atoms with Crippen molar-refractivity contribution in [1.29, 1.82) is 0 Å². The van der Waals surface area contributed by atoms with Crippen molar-refractivity contribution >= 4 is 16.9 Å². The van der Waals surface area contributed by atoms with Gasteiger partial charge in [-0.2, -0.15) is 13.2 Å². The molecule has 0 aliphatic carbocycles. The first-order chi connectivity index (χ1) is 9.81. The van der Waals surface area contributed by atoms with E-state index < -0.39 is 29.8 Å². The molecule has 2 aromatic rings. The summed E-state index contributed by atoms with van der Waals surface area (Å²) < 4.78 is 46.1. The summed E-state index contributed by atoms with van der Waals surface area (Å²) in [7, 11) is 1.37. The van der Waals surface area contributed by atoms with Crippen LogP contribution >= 0.6 is 0 Å². The van der Waals surface area contributed by atoms with E-state index in [1.807, 2.05) is 0 Å². The second-order valence-corrected chi connectivity index (χ2v) is 4.12. The van der Waals surface area contributed by atoms with Crippen LogP contribution in [0.2, 0.25) is 0 Å². The first-order valence-electron chi connectivity index (χ1n) is 5.77. The van der Waals surface area contributed by atoms with Crippen LogP contribution in [0, 0.1) is 0 Å². The summed E-state index contributed by atoms with van der Waals surface area (Å²) in [5.74, 6) is -0.863. The molecule has 0 bridgehead atoms. The lowest BCUT2D eigenvalue weighted by Crippen LogP contribution is -2.35. The molecular formula is C13H10F3NO4. The predicted molar refractivity (Wildman–Crippen MR) is 67.4 cm³/mol. The van der Waals surface area contributed by atoms with Gasteiger partial charge in [-0.25, -0.2) is 4.79 Å². The van der Waals surface area contributed by atoms with E-state index in [1.165, 1.54) is 7.11 Å². The van der Waals surface area contributed by atoms with Gasteiger partial charge in [0.25, 0.3) is 5.91 Å². The first kappa shape index (κ1) is 14.9. The van der Waals surface area contributed by atoms with Gasteiger partial charge < -0.3 is 14.5 Å². The van der Waals surface area contributed by atoms with Gasteiger partial charge >= 0.3 is 11.8 Å². The molecule has 21 heavy (non-hydrogen) atoms. The Morgan fingerprint density at radius 2 is 2.10 bits per heavy atom. The van der Waals surface area contributed by atoms with Crippen molar-refractivity contribution in [3.8, 4) is 5.75 Å². The van der Waals surface area contributed by atoms with Gasteiger partial charge in [-0.05, 0) is 12.1 Å². The van der Waals surface area contributed by atoms with E-state index in [0.717, 1.165) is 6.07 Å². The maximum absolute atomic E-state index is 12.1. The normalized spacial score (nSPS) is 11.4. The lowest BCUT2D eigenvalue weighted by Gasteiger charge is -2.08. The summed E-state index contributed by atoms with van der Waals surface area (Å²) in [5.41, 5.74) is -1.41. The smallest absolute Gasteiger partial charge is 0.405 e. The maximum atomic E-state index is 12.1. The molecule has 0 unspecified atom stereocenters. The molecule has 0 aliphatic heterocycles. The Kier molecular flexibility index (Phi) is 3.88. The number of alkyl halides is 3. The zero-order valence-electron chi connectivity index (χ0n) is 10.8. The number of amides is 1. The highest BCUT2D eigenvalue weighted by Gasteiger charge is 2.28. The Hall–Kier alpha value is -2.51. The van der Waals surface area contributed by atoms with Crippen molar-refractivity contribution in [3.63, 3.8) is 0 Å². The van der Waals surface area contributed by atoms with Crippen molar-refractivity contribution in [2.24, 2.45) is 0 Å². The van der Waals surface area contributed by atoms with Gasteiger partial charge in [0.15, 0.2) is 11.3 Å². The molecule has 1 amide bonds. The molecule has 0 saturated heterocycles. The van der Waals surface area contributed by atoms with Crippen LogP contribution in [0.25, 0.3) is 11.0 Å². The molecular weight excluding hydrogens is 291 g/mol. The van der Waals surface area contributed by atoms with Crippen LogP contribution in [-0.4, -0.2) is 25.7 Å². The highest BCUT2D eigenvalue weighted by molar-refractivity contribution is 5.97. The predicted octanol–water partition coefficient (Wildman–Crippen LogP) is 2.09. The molecule has 1 aromatic carbocycles. The number of methoxy groups -OCH3 is 1. The number of fused-ring (bicyclic) bond motifs is 1. The minimum Gasteiger partial charge on any atom is -0.493 e. The van der Waals surface area contributed by atoms with Crippen molar-refractivity contribution in [1.82, 2.24) is 5.32 Å². The van der Waals surface area contributed by atoms with E-state index in [4.69, 9.17) is 9.15 Å². The van der Waals surface area contributed by atoms with Crippen LogP contribution < -0.4 is 15.7 Å². The summed E-state index contributed by atoms with van der Waals surface area (Å²) in [6.45, 7) is -1.53. The molecule has 1 N–H and O–H groups in total. The molecule has 2 rings (SSSR count). The number of benzene rings is 1. The topological polar surface area (TPSA) is 68.5 Å². The van der Waals surface area contributed by atoms with E-state index >= 15 is 0 Å². The summed E-state index contributed by atoms with van der Waals surface area (Å²) in [4.78, 5) is 23.3. The number of hydrogen-bond acceptors (Lipinski definition) is 4. The van der Waals surface area contributed by atoms with Gasteiger partial charge in [-0.15, -0.1) is 0 Å². The molecule has 0 fully saturated rings. The highest BCUT2D eigenvalue weighted by Crippen LogP contribution is 2.24. The van der Waals surface area contributed by atoms with E-state index in [0.29, 0.717) is 5.39 Å². The lowest BCUT2D eigenvalue weighted by molar-refractivity contribution is -0.123. The van der Waals surface area contributed by atoms with Crippen LogP contribution in [-0.2, 0) is 0 Å². The monoisotopic (exact) mass is 301 g/mol. The van der Waals surface area contributed by atoms with E-state index in [2.05, 4.69) is 0 Å². The van der Waals surface area contributed by atoms with Gasteiger partial charge in [-0.3, -0.25) is 4.79 Å². The van der Waals surface area contributed by atoms with Crippen molar-refractivity contribution < 1.29 is 27.1 Å². The molecule has 8 heteroatoms. The number of carbonyl (C=O) groups excluding carboxylic acids is 1. The fourth-order valence-corrected chi connectivity index (χ4v) is 1.71. The van der Waals surface area contributed by atoms with Gasteiger partial charge in [0.1, 0.15) is 12.1 Å². The lowest BCUT2D eigenvalue weighted by atomic mass is 10.1. The first-order valence-corrected chi connectivity index (χ1v) is 5.77. The number of halogens is 3. The zero-order valence-corrected chi connectivity index (χ0v) is 10.8. The van der Waals surface area contributed by atoms with E-state index in [-0.39, 0.29) is 11.3 Å². The Balaban J connectivity index is 2.40. The fraction of sp³-hybridized carbons (Fsp3) is 0.231. The van der Waals surface area contributed by atoms with E-state index in [1.54, 1.807) is 23.5 Å². The number of carbonyl (C=O) groups is 1. The minimum atomic E-state index is -4.56. The van der Waals surface area contributed by atoms with Crippen LogP contribution in [0.4, 0.5) is 13.2 Å². The van der Waals surface area contributed by atoms with Gasteiger partial charge in [0.2, 0.25) is 0 Å². The average Bonchev–Trinajstić information content (AvgIpc) is 2.42. The van der Waals surface area contributed by atoms with Crippen molar-refractivity contribution in [2.75, 3.05) is 13.7 Å². The summed E-state index contributed by atoms with van der Waals surface area (Å²) in [5, 5.41) is 1.98. The fourth-order valence-electron chi connectivity index (χ4n) is 1.71. The Bertz CT molecular complexity index is 736. The van der Waals surface area contributed by atoms with Gasteiger partial charge in [0.05, 0.1) is 7.11 Å². The SMILES string of the molecule is COc1cccc2cc(C(=O)NCC(F)(F)F)c(=O)oc12. The number of ether oxygens (including phenoxy) is 1. The Morgan fingerprint density at radius 3 is 2.71 bits per heavy atom. The molecule has 0 radical (unpaired) electrons. The average molecular weight is 301 g/mol. The summed E-state index contributed by atoms with van der Waals surface area (Å²) in [6.07, 6.45) is -4.56. The number of para-hydroxylation sites is 1. The standard InChI is InChI=1S/C13H10F3NO4/c1-20-9-4-2-3-7-5-8(12(19)21-10(7)9)11(18)17-6-13(14,15)16/h2-5H,6H2,1H3,(H,17,18). The molecule has 1 aromatic heterocycles. The maximum Gasteiger partial charge on any atom is 0.405 e. The van der Waals surface area contributed by atoms with Crippen molar-refractivity contribution in [2.45, 2.75) is 6.18 Å². The third-order valence-corrected chi connectivity index (χ3v) is 2.64. The van der Waals surface area contributed by atoms with Crippen molar-refractivity contribution in [3.05, 3.63) is 40.2 Å². The summed E-state index contributed by atoms with van der Waals surface area (Å²) >= 11 is 0. The van der Waals surface area contributed by atoms with Gasteiger partial charge in [-0.1, -0.05) is 12.1 Å². The second kappa shape index (κ2) is 5.47. The number of rotatable bonds is 3. The van der Waals surface area contributed by atoms with Gasteiger partial charge in [0, 0.05) is 5.39 Å². The minimum absolute atomic E-state index is 0.123. The molecule has 0 atom stereocenters. The van der Waals surface area contributed by atoms with Crippen LogP contribution in [0.3, 0.4) is 0 Å². The van der Waals surface area contributed by atoms with Crippen LogP contribution in [0.15, 0.2) is 33.5 Å².